The van der Waals surface area contributed by atoms with E-state index in [9.17, 15) is 9.59 Å². The van der Waals surface area contributed by atoms with Crippen LogP contribution in [0.4, 0.5) is 0 Å². The zero-order valence-electron chi connectivity index (χ0n) is 14.5. The number of carboxylic acid groups (broad SMARTS) is 2. The fourth-order valence-electron chi connectivity index (χ4n) is 1.35. The summed E-state index contributed by atoms with van der Waals surface area (Å²) >= 11 is 0. The summed E-state index contributed by atoms with van der Waals surface area (Å²) in [7, 11) is 0. The Morgan fingerprint density at radius 3 is 1.39 bits per heavy atom. The first-order valence-electron chi connectivity index (χ1n) is 8.29. The number of hydrogen-bond donors (Lipinski definition) is 5. The van der Waals surface area contributed by atoms with Crippen LogP contribution in [0, 0.1) is 0 Å². The molecule has 0 bridgehead atoms. The average Bonchev–Trinajstić information content (AvgIpc) is 2.49. The van der Waals surface area contributed by atoms with Gasteiger partial charge in [0.15, 0.2) is 0 Å². The van der Waals surface area contributed by atoms with E-state index in [1.54, 1.807) is 0 Å². The Balaban J connectivity index is -0.000000264. The predicted octanol–water partition coefficient (Wildman–Crippen LogP) is 1.99. The van der Waals surface area contributed by atoms with Crippen molar-refractivity contribution in [2.24, 2.45) is 5.73 Å². The molecule has 0 fully saturated rings. The molecule has 6 N–H and O–H groups in total. The van der Waals surface area contributed by atoms with Crippen LogP contribution >= 0.6 is 0 Å². The minimum Gasteiger partial charge on any atom is -0.481 e. The molecule has 0 aliphatic rings. The summed E-state index contributed by atoms with van der Waals surface area (Å²) in [6.45, 7) is 5.05. The molecule has 0 spiro atoms. The van der Waals surface area contributed by atoms with Gasteiger partial charge in [-0.2, -0.15) is 0 Å². The van der Waals surface area contributed by atoms with Crippen molar-refractivity contribution in [3.63, 3.8) is 0 Å². The van der Waals surface area contributed by atoms with Crippen molar-refractivity contribution in [1.82, 2.24) is 0 Å². The number of aliphatic hydroxyl groups is 2. The predicted molar refractivity (Wildman–Crippen MR) is 90.3 cm³/mol. The van der Waals surface area contributed by atoms with E-state index >= 15 is 0 Å². The molecule has 1 atom stereocenters. The molecular weight excluding hydrogens is 302 g/mol. The van der Waals surface area contributed by atoms with Gasteiger partial charge in [-0.3, -0.25) is 9.59 Å². The lowest BCUT2D eigenvalue weighted by molar-refractivity contribution is -0.144. The largest absolute Gasteiger partial charge is 0.481 e. The third kappa shape index (κ3) is 33.6. The van der Waals surface area contributed by atoms with Crippen LogP contribution in [-0.2, 0) is 9.59 Å². The van der Waals surface area contributed by atoms with E-state index < -0.39 is 24.4 Å². The van der Waals surface area contributed by atoms with Gasteiger partial charge in [-0.15, -0.1) is 0 Å². The number of rotatable bonds is 11. The van der Waals surface area contributed by atoms with Crippen LogP contribution in [0.25, 0.3) is 0 Å². The number of hydrogen-bond acceptors (Lipinski definition) is 5. The van der Waals surface area contributed by atoms with Crippen LogP contribution in [0.3, 0.4) is 0 Å². The highest BCUT2D eigenvalue weighted by atomic mass is 16.4. The third-order valence-electron chi connectivity index (χ3n) is 2.74. The van der Waals surface area contributed by atoms with Gasteiger partial charge in [-0.25, -0.2) is 0 Å². The molecule has 0 aromatic heterocycles. The Labute approximate surface area is 139 Å². The molecule has 0 aliphatic carbocycles. The molecule has 0 radical (unpaired) electrons. The molecule has 23 heavy (non-hydrogen) atoms. The summed E-state index contributed by atoms with van der Waals surface area (Å²) in [5.74, 6) is -2.50. The zero-order valence-corrected chi connectivity index (χ0v) is 14.5. The minimum absolute atomic E-state index is 0.361. The number of aliphatic hydroxyl groups excluding tert-OH is 2. The first kappa shape index (κ1) is 26.7. The van der Waals surface area contributed by atoms with Crippen molar-refractivity contribution in [3.05, 3.63) is 0 Å². The fourth-order valence-corrected chi connectivity index (χ4v) is 1.35. The van der Waals surface area contributed by atoms with E-state index in [-0.39, 0.29) is 0 Å². The lowest BCUT2D eigenvalue weighted by Crippen LogP contribution is -2.32. The van der Waals surface area contributed by atoms with Gasteiger partial charge in [0.1, 0.15) is 6.04 Å². The smallest absolute Gasteiger partial charge is 0.321 e. The normalized spacial score (nSPS) is 10.7. The van der Waals surface area contributed by atoms with Crippen LogP contribution < -0.4 is 5.73 Å². The average molecular weight is 337 g/mol. The van der Waals surface area contributed by atoms with E-state index in [0.717, 1.165) is 12.8 Å². The summed E-state index contributed by atoms with van der Waals surface area (Å²) in [6.07, 6.45) is 8.83. The molecule has 0 saturated heterocycles. The van der Waals surface area contributed by atoms with Gasteiger partial charge >= 0.3 is 11.9 Å². The van der Waals surface area contributed by atoms with Crippen LogP contribution in [0.2, 0.25) is 0 Å². The highest BCUT2D eigenvalue weighted by Crippen LogP contribution is 1.96. The highest BCUT2D eigenvalue weighted by Gasteiger charge is 2.14. The first-order chi connectivity index (χ1) is 10.9. The van der Waals surface area contributed by atoms with Gasteiger partial charge in [-0.1, -0.05) is 52.4 Å². The Morgan fingerprint density at radius 1 is 0.826 bits per heavy atom. The maximum Gasteiger partial charge on any atom is 0.321 e. The van der Waals surface area contributed by atoms with Crippen molar-refractivity contribution in [1.29, 1.82) is 0 Å². The van der Waals surface area contributed by atoms with Crippen LogP contribution in [0.15, 0.2) is 0 Å². The second kappa shape index (κ2) is 23.1. The molecule has 0 unspecified atom stereocenters. The zero-order chi connectivity index (χ0) is 18.5. The van der Waals surface area contributed by atoms with Crippen molar-refractivity contribution in [2.75, 3.05) is 13.2 Å². The Kier molecular flexibility index (Phi) is 26.8. The summed E-state index contributed by atoms with van der Waals surface area (Å²) in [6, 6.07) is -1.29. The molecule has 0 heterocycles. The molecular formula is C16H35NO6. The lowest BCUT2D eigenvalue weighted by Gasteiger charge is -1.99. The lowest BCUT2D eigenvalue weighted by atomic mass is 10.2. The Morgan fingerprint density at radius 2 is 1.22 bits per heavy atom. The highest BCUT2D eigenvalue weighted by molar-refractivity contribution is 5.80. The maximum absolute atomic E-state index is 9.85. The van der Waals surface area contributed by atoms with Gasteiger partial charge in [0.2, 0.25) is 0 Å². The minimum atomic E-state index is -1.29. The fraction of sp³-hybridized carbons (Fsp3) is 0.875. The molecule has 0 aliphatic heterocycles. The standard InChI is InChI=1S/2C6H14O.C4H7NO4/c2*1-2-3-4-5-6-7;5-2(4(8)9)1-3(6)7/h2*7H,2-6H2,1H3;2H,1,5H2,(H,6,7)(H,8,9)/t;;2-/m..0/s1. The number of carboxylic acids is 2. The molecule has 0 aromatic carbocycles. The van der Waals surface area contributed by atoms with E-state index in [1.807, 2.05) is 0 Å². The molecule has 0 rings (SSSR count). The van der Waals surface area contributed by atoms with Crippen LogP contribution in [0.5, 0.6) is 0 Å². The van der Waals surface area contributed by atoms with Crippen LogP contribution in [-0.4, -0.2) is 51.6 Å². The summed E-state index contributed by atoms with van der Waals surface area (Å²) in [5.41, 5.74) is 4.84. The first-order valence-corrected chi connectivity index (χ1v) is 8.29. The van der Waals surface area contributed by atoms with Gasteiger partial charge in [-0.05, 0) is 12.8 Å². The third-order valence-corrected chi connectivity index (χ3v) is 2.74. The van der Waals surface area contributed by atoms with Gasteiger partial charge in [0.25, 0.3) is 0 Å². The second-order valence-corrected chi connectivity index (χ2v) is 5.11. The van der Waals surface area contributed by atoms with E-state index in [2.05, 4.69) is 13.8 Å². The van der Waals surface area contributed by atoms with Gasteiger partial charge in [0, 0.05) is 13.2 Å². The van der Waals surface area contributed by atoms with Crippen molar-refractivity contribution < 1.29 is 30.0 Å². The molecule has 7 heteroatoms. The van der Waals surface area contributed by atoms with Gasteiger partial charge in [0.05, 0.1) is 6.42 Å². The second-order valence-electron chi connectivity index (χ2n) is 5.11. The van der Waals surface area contributed by atoms with Crippen LogP contribution in [0.1, 0.15) is 71.6 Å². The molecule has 0 amide bonds. The molecule has 7 nitrogen and oxygen atoms in total. The quantitative estimate of drug-likeness (QED) is 0.363. The molecule has 140 valence electrons. The van der Waals surface area contributed by atoms with E-state index in [0.29, 0.717) is 13.2 Å². The maximum atomic E-state index is 9.85. The summed E-state index contributed by atoms with van der Waals surface area (Å²) < 4.78 is 0. The number of nitrogens with two attached hydrogens (primary N) is 1. The Hall–Kier alpha value is -1.18. The summed E-state index contributed by atoms with van der Waals surface area (Å²) in [4.78, 5) is 19.6. The van der Waals surface area contributed by atoms with Crippen molar-refractivity contribution >= 4 is 11.9 Å². The number of unbranched alkanes of at least 4 members (excludes halogenated alkanes) is 6. The monoisotopic (exact) mass is 337 g/mol. The van der Waals surface area contributed by atoms with Gasteiger partial charge < -0.3 is 26.2 Å². The molecule has 0 saturated carbocycles. The van der Waals surface area contributed by atoms with E-state index in [1.165, 1.54) is 38.5 Å². The topological polar surface area (TPSA) is 141 Å². The molecule has 0 aromatic rings. The number of carbonyl (C=O) groups is 2. The SMILES string of the molecule is CCCCCCO.CCCCCCO.N[C@@H](CC(=O)O)C(=O)O. The van der Waals surface area contributed by atoms with Crippen molar-refractivity contribution in [3.8, 4) is 0 Å². The Bertz CT molecular complexity index is 243. The summed E-state index contributed by atoms with van der Waals surface area (Å²) in [5, 5.41) is 32.6. The number of aliphatic carboxylic acids is 2. The van der Waals surface area contributed by atoms with E-state index in [4.69, 9.17) is 26.2 Å². The van der Waals surface area contributed by atoms with Crippen molar-refractivity contribution in [2.45, 2.75) is 77.7 Å².